The summed E-state index contributed by atoms with van der Waals surface area (Å²) in [6.07, 6.45) is 5.16. The van der Waals surface area contributed by atoms with Gasteiger partial charge in [-0.1, -0.05) is 37.3 Å². The Kier molecular flexibility index (Phi) is 4.68. The number of aromatic nitrogens is 2. The van der Waals surface area contributed by atoms with Gasteiger partial charge in [0.25, 0.3) is 0 Å². The van der Waals surface area contributed by atoms with E-state index in [1.54, 1.807) is 0 Å². The molecule has 0 unspecified atom stereocenters. The Morgan fingerprint density at radius 2 is 2.14 bits per heavy atom. The number of hydrogen-bond donors (Lipinski definition) is 1. The molecule has 0 radical (unpaired) electrons. The minimum absolute atomic E-state index is 0.437. The topological polar surface area (TPSA) is 33.1 Å². The fourth-order valence-electron chi connectivity index (χ4n) is 3.06. The largest absolute Gasteiger partial charge is 0.334 e. The van der Waals surface area contributed by atoms with Crippen molar-refractivity contribution in [1.29, 1.82) is 0 Å². The van der Waals surface area contributed by atoms with Gasteiger partial charge < -0.3 is 9.88 Å². The molecular formula is C17H24N4. The average molecular weight is 284 g/mol. The first-order chi connectivity index (χ1) is 10.4. The van der Waals surface area contributed by atoms with Gasteiger partial charge in [-0.15, -0.1) is 0 Å². The number of imidazole rings is 1. The van der Waals surface area contributed by atoms with E-state index in [4.69, 9.17) is 0 Å². The molecule has 0 amide bonds. The molecule has 1 aliphatic rings. The highest BCUT2D eigenvalue weighted by molar-refractivity contribution is 5.20. The highest BCUT2D eigenvalue weighted by Crippen LogP contribution is 2.23. The summed E-state index contributed by atoms with van der Waals surface area (Å²) >= 11 is 0. The number of aryl methyl sites for hydroxylation is 1. The fraction of sp³-hybridized carbons (Fsp3) is 0.471. The van der Waals surface area contributed by atoms with E-state index in [0.717, 1.165) is 39.1 Å². The van der Waals surface area contributed by atoms with Crippen molar-refractivity contribution in [3.05, 3.63) is 54.1 Å². The van der Waals surface area contributed by atoms with Crippen LogP contribution in [-0.4, -0.2) is 34.1 Å². The summed E-state index contributed by atoms with van der Waals surface area (Å²) in [5.74, 6) is 1.18. The van der Waals surface area contributed by atoms with Crippen LogP contribution in [0.2, 0.25) is 0 Å². The van der Waals surface area contributed by atoms with Gasteiger partial charge in [-0.2, -0.15) is 0 Å². The van der Waals surface area contributed by atoms with Crippen molar-refractivity contribution in [2.75, 3.05) is 19.6 Å². The summed E-state index contributed by atoms with van der Waals surface area (Å²) in [5.41, 5.74) is 1.39. The van der Waals surface area contributed by atoms with Gasteiger partial charge in [0.2, 0.25) is 0 Å². The molecule has 0 saturated carbocycles. The summed E-state index contributed by atoms with van der Waals surface area (Å²) in [5, 5.41) is 3.51. The van der Waals surface area contributed by atoms with E-state index >= 15 is 0 Å². The lowest BCUT2D eigenvalue weighted by Crippen LogP contribution is -2.45. The van der Waals surface area contributed by atoms with Crippen LogP contribution in [0.1, 0.15) is 30.8 Å². The summed E-state index contributed by atoms with van der Waals surface area (Å²) in [6.45, 7) is 7.32. The van der Waals surface area contributed by atoms with Gasteiger partial charge in [0, 0.05) is 44.6 Å². The van der Waals surface area contributed by atoms with Gasteiger partial charge in [0.15, 0.2) is 0 Å². The molecule has 4 heteroatoms. The van der Waals surface area contributed by atoms with Crippen molar-refractivity contribution in [3.63, 3.8) is 0 Å². The van der Waals surface area contributed by atoms with Crippen molar-refractivity contribution in [1.82, 2.24) is 19.8 Å². The van der Waals surface area contributed by atoms with Gasteiger partial charge >= 0.3 is 0 Å². The zero-order chi connectivity index (χ0) is 14.5. The van der Waals surface area contributed by atoms with Crippen molar-refractivity contribution < 1.29 is 0 Å². The Hall–Kier alpha value is -1.65. The average Bonchev–Trinajstić information content (AvgIpc) is 2.96. The van der Waals surface area contributed by atoms with E-state index in [1.165, 1.54) is 11.4 Å². The van der Waals surface area contributed by atoms with Crippen LogP contribution in [0.25, 0.3) is 0 Å². The Morgan fingerprint density at radius 3 is 2.95 bits per heavy atom. The van der Waals surface area contributed by atoms with E-state index in [2.05, 4.69) is 63.2 Å². The van der Waals surface area contributed by atoms with Crippen molar-refractivity contribution >= 4 is 0 Å². The fourth-order valence-corrected chi connectivity index (χ4v) is 3.06. The van der Waals surface area contributed by atoms with Gasteiger partial charge in [-0.05, 0) is 12.0 Å². The normalized spacial score (nSPS) is 19.8. The quantitative estimate of drug-likeness (QED) is 0.915. The highest BCUT2D eigenvalue weighted by atomic mass is 15.2. The Bertz CT molecular complexity index is 549. The van der Waals surface area contributed by atoms with Crippen molar-refractivity contribution in [3.8, 4) is 0 Å². The standard InChI is InChI=1S/C17H24N4/c1-2-10-20-12-9-19-17(20)14-21-11-8-18-13-16(21)15-6-4-3-5-7-15/h3-7,9,12,16,18H,2,8,10-11,13-14H2,1H3/t16-/m1/s1. The molecule has 0 bridgehead atoms. The first-order valence-corrected chi connectivity index (χ1v) is 7.88. The molecule has 1 atom stereocenters. The van der Waals surface area contributed by atoms with Gasteiger partial charge in [0.05, 0.1) is 6.54 Å². The first-order valence-electron chi connectivity index (χ1n) is 7.88. The predicted octanol–water partition coefficient (Wildman–Crippen LogP) is 2.44. The molecule has 2 aromatic rings. The molecule has 112 valence electrons. The number of benzene rings is 1. The molecule has 1 aromatic heterocycles. The van der Waals surface area contributed by atoms with Crippen molar-refractivity contribution in [2.45, 2.75) is 32.5 Å². The van der Waals surface area contributed by atoms with E-state index < -0.39 is 0 Å². The number of piperazine rings is 1. The smallest absolute Gasteiger partial charge is 0.122 e. The van der Waals surface area contributed by atoms with Crippen LogP contribution in [0.4, 0.5) is 0 Å². The summed E-state index contributed by atoms with van der Waals surface area (Å²) in [4.78, 5) is 7.10. The summed E-state index contributed by atoms with van der Waals surface area (Å²) < 4.78 is 2.28. The predicted molar refractivity (Wildman–Crippen MR) is 85.0 cm³/mol. The van der Waals surface area contributed by atoms with Gasteiger partial charge in [-0.25, -0.2) is 4.98 Å². The molecule has 2 heterocycles. The minimum atomic E-state index is 0.437. The van der Waals surface area contributed by atoms with E-state index in [-0.39, 0.29) is 0 Å². The molecule has 21 heavy (non-hydrogen) atoms. The molecule has 1 aliphatic heterocycles. The third-order valence-corrected chi connectivity index (χ3v) is 4.15. The van der Waals surface area contributed by atoms with Crippen LogP contribution in [0, 0.1) is 0 Å². The van der Waals surface area contributed by atoms with E-state index in [9.17, 15) is 0 Å². The molecule has 1 aromatic carbocycles. The van der Waals surface area contributed by atoms with Crippen LogP contribution in [0.5, 0.6) is 0 Å². The number of nitrogens with zero attached hydrogens (tertiary/aromatic N) is 3. The number of rotatable bonds is 5. The van der Waals surface area contributed by atoms with Crippen LogP contribution in [0.3, 0.4) is 0 Å². The minimum Gasteiger partial charge on any atom is -0.334 e. The second-order valence-corrected chi connectivity index (χ2v) is 5.64. The van der Waals surface area contributed by atoms with Crippen molar-refractivity contribution in [2.24, 2.45) is 0 Å². The maximum atomic E-state index is 4.56. The lowest BCUT2D eigenvalue weighted by Gasteiger charge is -2.36. The van der Waals surface area contributed by atoms with Crippen LogP contribution < -0.4 is 5.32 Å². The third kappa shape index (κ3) is 3.34. The molecule has 4 nitrogen and oxygen atoms in total. The van der Waals surface area contributed by atoms with E-state index in [1.807, 2.05) is 6.20 Å². The maximum absolute atomic E-state index is 4.56. The maximum Gasteiger partial charge on any atom is 0.122 e. The van der Waals surface area contributed by atoms with Crippen LogP contribution in [0.15, 0.2) is 42.7 Å². The molecule has 1 N–H and O–H groups in total. The lowest BCUT2D eigenvalue weighted by atomic mass is 10.0. The van der Waals surface area contributed by atoms with Gasteiger partial charge in [-0.3, -0.25) is 4.90 Å². The lowest BCUT2D eigenvalue weighted by molar-refractivity contribution is 0.148. The zero-order valence-corrected chi connectivity index (χ0v) is 12.7. The van der Waals surface area contributed by atoms with Gasteiger partial charge in [0.1, 0.15) is 5.82 Å². The molecule has 0 aliphatic carbocycles. The second kappa shape index (κ2) is 6.87. The monoisotopic (exact) mass is 284 g/mol. The Morgan fingerprint density at radius 1 is 1.29 bits per heavy atom. The second-order valence-electron chi connectivity index (χ2n) is 5.64. The molecule has 0 spiro atoms. The number of nitrogens with one attached hydrogen (secondary N) is 1. The Labute approximate surface area is 126 Å². The van der Waals surface area contributed by atoms with Crippen LogP contribution in [-0.2, 0) is 13.1 Å². The molecule has 1 saturated heterocycles. The van der Waals surface area contributed by atoms with Crippen LogP contribution >= 0.6 is 0 Å². The SMILES string of the molecule is CCCn1ccnc1CN1CCNC[C@@H]1c1ccccc1. The van der Waals surface area contributed by atoms with E-state index in [0.29, 0.717) is 6.04 Å². The summed E-state index contributed by atoms with van der Waals surface area (Å²) in [7, 11) is 0. The highest BCUT2D eigenvalue weighted by Gasteiger charge is 2.24. The first kappa shape index (κ1) is 14.3. The number of hydrogen-bond acceptors (Lipinski definition) is 3. The Balaban J connectivity index is 1.77. The third-order valence-electron chi connectivity index (χ3n) is 4.15. The molecule has 3 rings (SSSR count). The molecular weight excluding hydrogens is 260 g/mol. The zero-order valence-electron chi connectivity index (χ0n) is 12.7. The molecule has 1 fully saturated rings. The summed E-state index contributed by atoms with van der Waals surface area (Å²) in [6, 6.07) is 11.2.